The van der Waals surface area contributed by atoms with Crippen molar-refractivity contribution in [1.29, 1.82) is 0 Å². The molecule has 0 saturated heterocycles. The predicted molar refractivity (Wildman–Crippen MR) is 82.9 cm³/mol. The van der Waals surface area contributed by atoms with Crippen LogP contribution in [0.3, 0.4) is 0 Å². The lowest BCUT2D eigenvalue weighted by Crippen LogP contribution is -2.25. The van der Waals surface area contributed by atoms with Crippen molar-refractivity contribution in [3.05, 3.63) is 58.2 Å². The van der Waals surface area contributed by atoms with E-state index in [4.69, 9.17) is 0 Å². The summed E-state index contributed by atoms with van der Waals surface area (Å²) in [6.45, 7) is 4.25. The Kier molecular flexibility index (Phi) is 4.32. The first-order chi connectivity index (χ1) is 11.8. The number of alkyl halides is 2. The van der Waals surface area contributed by atoms with Gasteiger partial charge in [-0.3, -0.25) is 0 Å². The zero-order chi connectivity index (χ0) is 21.1. The average molecular weight is 424 g/mol. The molecule has 0 spiro atoms. The molecule has 2 aromatic rings. The minimum atomic E-state index is -10.7. The third-order valence-electron chi connectivity index (χ3n) is 3.57. The quantitative estimate of drug-likeness (QED) is 0.458. The Morgan fingerprint density at radius 3 is 1.56 bits per heavy atom. The highest BCUT2D eigenvalue weighted by molar-refractivity contribution is 8.45. The molecule has 0 aromatic heterocycles. The predicted octanol–water partition coefficient (Wildman–Crippen LogP) is 7.68. The van der Waals surface area contributed by atoms with Crippen LogP contribution in [0.2, 0.25) is 0 Å². The van der Waals surface area contributed by atoms with E-state index in [9.17, 15) is 37.0 Å². The molecule has 0 atom stereocenters. The maximum absolute atomic E-state index is 14.4. The zero-order valence-corrected chi connectivity index (χ0v) is 14.8. The van der Waals surface area contributed by atoms with Crippen molar-refractivity contribution < 1.29 is 41.7 Å². The minimum absolute atomic E-state index is 0.0575. The highest BCUT2D eigenvalue weighted by Crippen LogP contribution is 3.02. The van der Waals surface area contributed by atoms with Gasteiger partial charge in [0.1, 0.15) is 5.75 Å². The van der Waals surface area contributed by atoms with Crippen molar-refractivity contribution in [3.8, 4) is 5.75 Å². The van der Waals surface area contributed by atoms with Crippen LogP contribution >= 0.6 is 10.2 Å². The summed E-state index contributed by atoms with van der Waals surface area (Å²) in [5, 5.41) is 0. The maximum atomic E-state index is 14.4. The van der Waals surface area contributed by atoms with Gasteiger partial charge in [0.05, 0.1) is 5.56 Å². The molecule has 2 rings (SSSR count). The largest absolute Gasteiger partial charge is 0.429 e. The summed E-state index contributed by atoms with van der Waals surface area (Å²) >= 11 is 0. The van der Waals surface area contributed by atoms with E-state index in [-0.39, 0.29) is 23.3 Å². The summed E-state index contributed by atoms with van der Waals surface area (Å²) in [6.07, 6.45) is -4.18. The van der Waals surface area contributed by atoms with Crippen molar-refractivity contribution in [1.82, 2.24) is 0 Å². The molecule has 11 heteroatoms. The lowest BCUT2D eigenvalue weighted by Gasteiger charge is -2.40. The monoisotopic (exact) mass is 424 g/mol. The van der Waals surface area contributed by atoms with Gasteiger partial charge < -0.3 is 4.74 Å². The molecule has 0 bridgehead atoms. The van der Waals surface area contributed by atoms with Gasteiger partial charge in [-0.15, -0.1) is 0 Å². The van der Waals surface area contributed by atoms with Gasteiger partial charge in [0, 0.05) is 12.1 Å². The van der Waals surface area contributed by atoms with Gasteiger partial charge >= 0.3 is 16.3 Å². The molecule has 0 aliphatic carbocycles. The van der Waals surface area contributed by atoms with Gasteiger partial charge in [0.2, 0.25) is 0 Å². The molecule has 0 unspecified atom stereocenters. The molecule has 0 aliphatic heterocycles. The third kappa shape index (κ3) is 4.45. The van der Waals surface area contributed by atoms with Crippen LogP contribution in [-0.4, -0.2) is 0 Å². The number of benzene rings is 2. The van der Waals surface area contributed by atoms with Gasteiger partial charge in [0.25, 0.3) is 0 Å². The summed E-state index contributed by atoms with van der Waals surface area (Å²) < 4.78 is 123. The van der Waals surface area contributed by atoms with E-state index < -0.39 is 44.2 Å². The van der Waals surface area contributed by atoms with Crippen molar-refractivity contribution in [2.45, 2.75) is 31.8 Å². The van der Waals surface area contributed by atoms with Crippen LogP contribution in [0.15, 0.2) is 29.2 Å². The Bertz CT molecular complexity index is 874. The Morgan fingerprint density at radius 2 is 1.19 bits per heavy atom. The lowest BCUT2D eigenvalue weighted by atomic mass is 9.99. The summed E-state index contributed by atoms with van der Waals surface area (Å²) in [5.74, 6) is -6.88. The lowest BCUT2D eigenvalue weighted by molar-refractivity contribution is -0.186. The minimum Gasteiger partial charge on any atom is -0.429 e. The molecule has 0 aliphatic rings. The molecule has 1 nitrogen and oxygen atoms in total. The van der Waals surface area contributed by atoms with E-state index in [0.717, 1.165) is 0 Å². The first kappa shape index (κ1) is 21.3. The number of ether oxygens (including phenoxy) is 1. The van der Waals surface area contributed by atoms with Crippen LogP contribution in [0.5, 0.6) is 5.75 Å². The van der Waals surface area contributed by atoms with Crippen LogP contribution in [0.25, 0.3) is 0 Å². The van der Waals surface area contributed by atoms with Gasteiger partial charge in [-0.25, -0.2) is 8.78 Å². The summed E-state index contributed by atoms with van der Waals surface area (Å²) in [6, 6.07) is 2.03. The second kappa shape index (κ2) is 5.49. The molecule has 27 heavy (non-hydrogen) atoms. The van der Waals surface area contributed by atoms with E-state index in [1.54, 1.807) is 6.92 Å². The molecule has 2 aromatic carbocycles. The fourth-order valence-electron chi connectivity index (χ4n) is 2.80. The van der Waals surface area contributed by atoms with Crippen LogP contribution in [-0.2, 0) is 6.11 Å². The number of aryl methyl sites for hydroxylation is 3. The van der Waals surface area contributed by atoms with Crippen molar-refractivity contribution in [2.24, 2.45) is 0 Å². The summed E-state index contributed by atoms with van der Waals surface area (Å²) in [5.41, 5.74) is 0.0942. The molecule has 0 N–H and O–H groups in total. The standard InChI is InChI=1S/C16H13F9OS/c1-8-4-9(2)14(10(3)5-8)16(19,20)26-11-6-12(17)15(13(18)7-11)27(21,22,23,24)25/h4-7H,1-3H3. The molecule has 0 fully saturated rings. The topological polar surface area (TPSA) is 9.23 Å². The second-order valence-electron chi connectivity index (χ2n) is 6.08. The molecule has 0 radical (unpaired) electrons. The molecule has 152 valence electrons. The van der Waals surface area contributed by atoms with Crippen molar-refractivity contribution >= 4 is 10.2 Å². The smallest absolute Gasteiger partial charge is 0.427 e. The first-order valence-electron chi connectivity index (χ1n) is 7.20. The average Bonchev–Trinajstić information content (AvgIpc) is 2.30. The van der Waals surface area contributed by atoms with Crippen LogP contribution in [0, 0.1) is 32.4 Å². The molecular weight excluding hydrogens is 411 g/mol. The highest BCUT2D eigenvalue weighted by atomic mass is 32.5. The van der Waals surface area contributed by atoms with E-state index in [1.807, 2.05) is 0 Å². The fourth-order valence-corrected chi connectivity index (χ4v) is 3.66. The fraction of sp³-hybridized carbons (Fsp3) is 0.250. The molecule has 0 heterocycles. The number of hydrogen-bond acceptors (Lipinski definition) is 1. The summed E-state index contributed by atoms with van der Waals surface area (Å²) in [4.78, 5) is -3.41. The normalized spacial score (nSPS) is 15.3. The van der Waals surface area contributed by atoms with E-state index in [0.29, 0.717) is 5.56 Å². The van der Waals surface area contributed by atoms with Gasteiger partial charge in [-0.05, 0) is 31.9 Å². The second-order valence-corrected chi connectivity index (χ2v) is 8.42. The number of halogens is 9. The van der Waals surface area contributed by atoms with E-state index in [1.165, 1.54) is 26.0 Å². The van der Waals surface area contributed by atoms with Crippen LogP contribution in [0.1, 0.15) is 22.3 Å². The SMILES string of the molecule is Cc1cc(C)c(C(F)(F)Oc2cc(F)c(S(F)(F)(F)(F)F)c(F)c2)c(C)c1. The van der Waals surface area contributed by atoms with Gasteiger partial charge in [-0.2, -0.15) is 8.78 Å². The van der Waals surface area contributed by atoms with Gasteiger partial charge in [-0.1, -0.05) is 37.1 Å². The summed E-state index contributed by atoms with van der Waals surface area (Å²) in [7, 11) is -10.7. The molecule has 0 amide bonds. The zero-order valence-electron chi connectivity index (χ0n) is 14.0. The van der Waals surface area contributed by atoms with Crippen LogP contribution < -0.4 is 4.74 Å². The third-order valence-corrected chi connectivity index (χ3v) is 4.73. The van der Waals surface area contributed by atoms with Gasteiger partial charge in [0.15, 0.2) is 16.5 Å². The molecule has 0 saturated carbocycles. The van der Waals surface area contributed by atoms with Crippen molar-refractivity contribution in [3.63, 3.8) is 0 Å². The highest BCUT2D eigenvalue weighted by Gasteiger charge is 2.69. The number of hydrogen-bond donors (Lipinski definition) is 0. The Balaban J connectivity index is 2.54. The van der Waals surface area contributed by atoms with Crippen molar-refractivity contribution in [2.75, 3.05) is 0 Å². The Labute approximate surface area is 148 Å². The Hall–Kier alpha value is -2.04. The Morgan fingerprint density at radius 1 is 0.778 bits per heavy atom. The van der Waals surface area contributed by atoms with Crippen LogP contribution in [0.4, 0.5) is 37.0 Å². The maximum Gasteiger partial charge on any atom is 0.427 e. The van der Waals surface area contributed by atoms with E-state index in [2.05, 4.69) is 4.74 Å². The van der Waals surface area contributed by atoms with E-state index >= 15 is 0 Å². The molecular formula is C16H13F9OS. The number of rotatable bonds is 4. The first-order valence-corrected chi connectivity index (χ1v) is 9.15.